The van der Waals surface area contributed by atoms with Crippen molar-refractivity contribution in [2.45, 2.75) is 25.7 Å². The summed E-state index contributed by atoms with van der Waals surface area (Å²) in [6.07, 6.45) is 0.837. The number of hydrogen-bond acceptors (Lipinski definition) is 0. The Balaban J connectivity index is 4.84. The maximum absolute atomic E-state index is 12.5. The van der Waals surface area contributed by atoms with Gasteiger partial charge in [-0.25, -0.2) is 4.39 Å². The lowest BCUT2D eigenvalue weighted by atomic mass is 10.1. The van der Waals surface area contributed by atoms with E-state index in [1.807, 2.05) is 0 Å². The van der Waals surface area contributed by atoms with Crippen LogP contribution in [0.15, 0.2) is 11.6 Å². The monoisotopic (exact) mass is 188 g/mol. The van der Waals surface area contributed by atoms with Gasteiger partial charge in [-0.05, 0) is 19.4 Å². The minimum absolute atomic E-state index is 0.829. The first-order valence-electron chi connectivity index (χ1n) is 3.24. The van der Waals surface area contributed by atoms with E-state index < -0.39 is 24.1 Å². The minimum Gasteiger partial charge on any atom is -0.244 e. The van der Waals surface area contributed by atoms with E-state index >= 15 is 0 Å². The second-order valence-corrected chi connectivity index (χ2v) is 2.38. The predicted molar refractivity (Wildman–Crippen MR) is 35.3 cm³/mol. The fourth-order valence-corrected chi connectivity index (χ4v) is 0.554. The zero-order chi connectivity index (χ0) is 9.99. The third kappa shape index (κ3) is 1.76. The maximum atomic E-state index is 12.5. The molecule has 0 unspecified atom stereocenters. The SMILES string of the molecule is C/C=C(\C)C(F)(F)C(F)(F)CF. The first-order chi connectivity index (χ1) is 5.29. The first-order valence-corrected chi connectivity index (χ1v) is 3.24. The van der Waals surface area contributed by atoms with Crippen molar-refractivity contribution >= 4 is 0 Å². The topological polar surface area (TPSA) is 0 Å². The van der Waals surface area contributed by atoms with Crippen molar-refractivity contribution in [2.75, 3.05) is 6.67 Å². The highest BCUT2D eigenvalue weighted by Gasteiger charge is 2.57. The average Bonchev–Trinajstić information content (AvgIpc) is 2.02. The molecule has 0 bridgehead atoms. The molecule has 5 heteroatoms. The summed E-state index contributed by atoms with van der Waals surface area (Å²) in [6.45, 7) is -0.327. The molecule has 0 rings (SSSR count). The fourth-order valence-electron chi connectivity index (χ4n) is 0.554. The summed E-state index contributed by atoms with van der Waals surface area (Å²) in [6, 6.07) is 0. The van der Waals surface area contributed by atoms with Crippen LogP contribution in [0.1, 0.15) is 13.8 Å². The molecular formula is C7H9F5. The third-order valence-corrected chi connectivity index (χ3v) is 1.56. The van der Waals surface area contributed by atoms with Crippen molar-refractivity contribution in [3.05, 3.63) is 11.6 Å². The van der Waals surface area contributed by atoms with Crippen LogP contribution >= 0.6 is 0 Å². The van der Waals surface area contributed by atoms with Crippen LogP contribution in [0.4, 0.5) is 22.0 Å². The van der Waals surface area contributed by atoms with Gasteiger partial charge in [-0.15, -0.1) is 0 Å². The average molecular weight is 188 g/mol. The lowest BCUT2D eigenvalue weighted by Gasteiger charge is -2.24. The summed E-state index contributed by atoms with van der Waals surface area (Å²) in [5, 5.41) is 0. The van der Waals surface area contributed by atoms with Crippen LogP contribution in [0.25, 0.3) is 0 Å². The maximum Gasteiger partial charge on any atom is 0.341 e. The molecule has 0 aliphatic rings. The van der Waals surface area contributed by atoms with Gasteiger partial charge in [0, 0.05) is 0 Å². The number of allylic oxidation sites excluding steroid dienone is 2. The van der Waals surface area contributed by atoms with Crippen LogP contribution in [0.5, 0.6) is 0 Å². The molecule has 0 N–H and O–H groups in total. The number of halogens is 5. The quantitative estimate of drug-likeness (QED) is 0.471. The van der Waals surface area contributed by atoms with Gasteiger partial charge in [-0.1, -0.05) is 6.08 Å². The van der Waals surface area contributed by atoms with E-state index in [4.69, 9.17) is 0 Å². The predicted octanol–water partition coefficient (Wildman–Crippen LogP) is 3.19. The molecule has 0 aromatic carbocycles. The highest BCUT2D eigenvalue weighted by molar-refractivity contribution is 5.13. The van der Waals surface area contributed by atoms with Gasteiger partial charge in [0.25, 0.3) is 0 Å². The van der Waals surface area contributed by atoms with Gasteiger partial charge in [-0.2, -0.15) is 17.6 Å². The van der Waals surface area contributed by atoms with Gasteiger partial charge in [0.05, 0.1) is 0 Å². The molecule has 0 spiro atoms. The second-order valence-electron chi connectivity index (χ2n) is 2.38. The second kappa shape index (κ2) is 3.41. The van der Waals surface area contributed by atoms with Gasteiger partial charge in [0.2, 0.25) is 0 Å². The van der Waals surface area contributed by atoms with Gasteiger partial charge >= 0.3 is 11.8 Å². The Morgan fingerprint density at radius 3 is 1.92 bits per heavy atom. The first kappa shape index (κ1) is 11.4. The molecule has 12 heavy (non-hydrogen) atoms. The van der Waals surface area contributed by atoms with E-state index in [0.717, 1.165) is 13.0 Å². The van der Waals surface area contributed by atoms with Crippen LogP contribution in [-0.2, 0) is 0 Å². The zero-order valence-corrected chi connectivity index (χ0v) is 6.67. The Morgan fingerprint density at radius 1 is 1.25 bits per heavy atom. The Hall–Kier alpha value is -0.610. The Kier molecular flexibility index (Phi) is 3.24. The standard InChI is InChI=1S/C7H9F5/c1-3-5(2)7(11,12)6(9,10)4-8/h3H,4H2,1-2H3/b5-3+. The van der Waals surface area contributed by atoms with Crippen LogP contribution in [0.2, 0.25) is 0 Å². The normalized spacial score (nSPS) is 15.1. The molecule has 0 heterocycles. The summed E-state index contributed by atoms with van der Waals surface area (Å²) >= 11 is 0. The van der Waals surface area contributed by atoms with Crippen molar-refractivity contribution in [1.29, 1.82) is 0 Å². The molecule has 0 amide bonds. The van der Waals surface area contributed by atoms with E-state index in [1.165, 1.54) is 6.92 Å². The van der Waals surface area contributed by atoms with E-state index in [2.05, 4.69) is 0 Å². The van der Waals surface area contributed by atoms with Crippen LogP contribution in [0.3, 0.4) is 0 Å². The van der Waals surface area contributed by atoms with Gasteiger partial charge in [0.15, 0.2) is 6.67 Å². The van der Waals surface area contributed by atoms with E-state index in [9.17, 15) is 22.0 Å². The van der Waals surface area contributed by atoms with Gasteiger partial charge < -0.3 is 0 Å². The smallest absolute Gasteiger partial charge is 0.244 e. The molecule has 0 atom stereocenters. The highest BCUT2D eigenvalue weighted by atomic mass is 19.3. The Labute approximate surface area is 67.1 Å². The number of rotatable bonds is 3. The number of alkyl halides is 5. The molecular weight excluding hydrogens is 179 g/mol. The molecule has 0 aromatic heterocycles. The summed E-state index contributed by atoms with van der Waals surface area (Å²) in [5.74, 6) is -9.00. The highest BCUT2D eigenvalue weighted by Crippen LogP contribution is 2.39. The molecule has 0 saturated heterocycles. The molecule has 0 radical (unpaired) electrons. The van der Waals surface area contributed by atoms with Gasteiger partial charge in [0.1, 0.15) is 0 Å². The van der Waals surface area contributed by atoms with Crippen molar-refractivity contribution < 1.29 is 22.0 Å². The van der Waals surface area contributed by atoms with E-state index in [1.54, 1.807) is 0 Å². The summed E-state index contributed by atoms with van der Waals surface area (Å²) in [4.78, 5) is 0. The summed E-state index contributed by atoms with van der Waals surface area (Å²) in [7, 11) is 0. The summed E-state index contributed by atoms with van der Waals surface area (Å²) < 4.78 is 61.0. The Morgan fingerprint density at radius 2 is 1.67 bits per heavy atom. The lowest BCUT2D eigenvalue weighted by molar-refractivity contribution is -0.193. The molecule has 0 aliphatic carbocycles. The van der Waals surface area contributed by atoms with Crippen molar-refractivity contribution in [3.63, 3.8) is 0 Å². The zero-order valence-electron chi connectivity index (χ0n) is 6.67. The molecule has 0 nitrogen and oxygen atoms in total. The number of hydrogen-bond donors (Lipinski definition) is 0. The van der Waals surface area contributed by atoms with Crippen molar-refractivity contribution in [3.8, 4) is 0 Å². The Bertz CT molecular complexity index is 182. The molecule has 0 aliphatic heterocycles. The molecule has 0 saturated carbocycles. The van der Waals surface area contributed by atoms with Crippen LogP contribution < -0.4 is 0 Å². The third-order valence-electron chi connectivity index (χ3n) is 1.56. The molecule has 0 fully saturated rings. The fraction of sp³-hybridized carbons (Fsp3) is 0.714. The summed E-state index contributed by atoms with van der Waals surface area (Å²) in [5.41, 5.74) is -0.829. The molecule has 72 valence electrons. The van der Waals surface area contributed by atoms with E-state index in [-0.39, 0.29) is 0 Å². The largest absolute Gasteiger partial charge is 0.341 e. The van der Waals surface area contributed by atoms with Crippen molar-refractivity contribution in [1.82, 2.24) is 0 Å². The van der Waals surface area contributed by atoms with E-state index in [0.29, 0.717) is 0 Å². The van der Waals surface area contributed by atoms with Gasteiger partial charge in [-0.3, -0.25) is 0 Å². The van der Waals surface area contributed by atoms with Crippen LogP contribution in [0, 0.1) is 0 Å². The molecule has 0 aromatic rings. The van der Waals surface area contributed by atoms with Crippen LogP contribution in [-0.4, -0.2) is 18.5 Å². The van der Waals surface area contributed by atoms with Crippen molar-refractivity contribution in [2.24, 2.45) is 0 Å². The lowest BCUT2D eigenvalue weighted by Crippen LogP contribution is -2.43. The minimum atomic E-state index is -4.61.